The standard InChI is InChI=1S/C15H18N4/c1-11(2)6-7-19-10-14(17)15(18-19)13-5-3-4-12(8-13)9-16/h3-5,8,10-11H,6-7,17H2,1-2H3. The molecule has 0 aliphatic carbocycles. The Morgan fingerprint density at radius 3 is 2.89 bits per heavy atom. The number of aryl methyl sites for hydroxylation is 1. The van der Waals surface area contributed by atoms with Crippen molar-refractivity contribution in [2.75, 3.05) is 5.73 Å². The van der Waals surface area contributed by atoms with E-state index < -0.39 is 0 Å². The average Bonchev–Trinajstić information content (AvgIpc) is 2.78. The number of nitrogens with two attached hydrogens (primary N) is 1. The molecule has 0 saturated heterocycles. The number of rotatable bonds is 4. The van der Waals surface area contributed by atoms with Crippen LogP contribution in [0.1, 0.15) is 25.8 Å². The molecule has 4 heteroatoms. The molecule has 98 valence electrons. The van der Waals surface area contributed by atoms with Crippen molar-refractivity contribution < 1.29 is 0 Å². The van der Waals surface area contributed by atoms with Gasteiger partial charge in [-0.1, -0.05) is 26.0 Å². The summed E-state index contributed by atoms with van der Waals surface area (Å²) in [5, 5.41) is 13.4. The lowest BCUT2D eigenvalue weighted by Crippen LogP contribution is -2.02. The highest BCUT2D eigenvalue weighted by molar-refractivity contribution is 5.72. The van der Waals surface area contributed by atoms with E-state index in [2.05, 4.69) is 25.0 Å². The topological polar surface area (TPSA) is 67.6 Å². The van der Waals surface area contributed by atoms with Crippen molar-refractivity contribution in [3.63, 3.8) is 0 Å². The lowest BCUT2D eigenvalue weighted by atomic mass is 10.1. The lowest BCUT2D eigenvalue weighted by molar-refractivity contribution is 0.488. The first-order valence-electron chi connectivity index (χ1n) is 6.43. The van der Waals surface area contributed by atoms with Gasteiger partial charge in [-0.15, -0.1) is 0 Å². The summed E-state index contributed by atoms with van der Waals surface area (Å²) in [4.78, 5) is 0. The van der Waals surface area contributed by atoms with E-state index in [1.165, 1.54) is 0 Å². The van der Waals surface area contributed by atoms with Crippen LogP contribution in [0.4, 0.5) is 5.69 Å². The number of nitrogens with zero attached hydrogens (tertiary/aromatic N) is 3. The van der Waals surface area contributed by atoms with Crippen molar-refractivity contribution in [2.45, 2.75) is 26.8 Å². The number of hydrogen-bond donors (Lipinski definition) is 1. The Labute approximate surface area is 113 Å². The molecule has 0 bridgehead atoms. The van der Waals surface area contributed by atoms with Crippen LogP contribution in [0, 0.1) is 17.2 Å². The summed E-state index contributed by atoms with van der Waals surface area (Å²) in [5.41, 5.74) is 8.92. The molecule has 0 fully saturated rings. The molecule has 2 N–H and O–H groups in total. The van der Waals surface area contributed by atoms with Crippen molar-refractivity contribution in [3.8, 4) is 17.3 Å². The number of aromatic nitrogens is 2. The molecule has 1 aromatic carbocycles. The smallest absolute Gasteiger partial charge is 0.115 e. The molecule has 0 aliphatic rings. The Hall–Kier alpha value is -2.28. The molecule has 0 atom stereocenters. The fourth-order valence-electron chi connectivity index (χ4n) is 1.90. The monoisotopic (exact) mass is 254 g/mol. The van der Waals surface area contributed by atoms with E-state index in [0.29, 0.717) is 17.2 Å². The Morgan fingerprint density at radius 1 is 1.42 bits per heavy atom. The highest BCUT2D eigenvalue weighted by Crippen LogP contribution is 2.24. The number of benzene rings is 1. The maximum atomic E-state index is 8.92. The van der Waals surface area contributed by atoms with Crippen LogP contribution in [0.3, 0.4) is 0 Å². The second-order valence-corrected chi connectivity index (χ2v) is 5.07. The summed E-state index contributed by atoms with van der Waals surface area (Å²) in [5.74, 6) is 0.635. The lowest BCUT2D eigenvalue weighted by Gasteiger charge is -2.04. The molecule has 0 amide bonds. The van der Waals surface area contributed by atoms with Crippen LogP contribution in [0.25, 0.3) is 11.3 Å². The predicted molar refractivity (Wildman–Crippen MR) is 76.2 cm³/mol. The van der Waals surface area contributed by atoms with Crippen LogP contribution in [-0.2, 0) is 6.54 Å². The molecule has 1 heterocycles. The minimum atomic E-state index is 0.619. The Morgan fingerprint density at radius 2 is 2.21 bits per heavy atom. The highest BCUT2D eigenvalue weighted by atomic mass is 15.3. The molecule has 2 aromatic rings. The third-order valence-corrected chi connectivity index (χ3v) is 2.99. The summed E-state index contributed by atoms with van der Waals surface area (Å²) >= 11 is 0. The summed E-state index contributed by atoms with van der Waals surface area (Å²) in [7, 11) is 0. The van der Waals surface area contributed by atoms with Gasteiger partial charge in [-0.3, -0.25) is 4.68 Å². The van der Waals surface area contributed by atoms with Crippen molar-refractivity contribution >= 4 is 5.69 Å². The third-order valence-electron chi connectivity index (χ3n) is 2.99. The summed E-state index contributed by atoms with van der Waals surface area (Å²) in [6.07, 6.45) is 2.93. The van der Waals surface area contributed by atoms with E-state index in [-0.39, 0.29) is 0 Å². The summed E-state index contributed by atoms with van der Waals surface area (Å²) in [6, 6.07) is 9.48. The van der Waals surface area contributed by atoms with E-state index >= 15 is 0 Å². The van der Waals surface area contributed by atoms with Crippen LogP contribution < -0.4 is 5.73 Å². The first-order chi connectivity index (χ1) is 9.10. The molecule has 1 aromatic heterocycles. The van der Waals surface area contributed by atoms with Gasteiger partial charge in [0.05, 0.1) is 17.3 Å². The second-order valence-electron chi connectivity index (χ2n) is 5.07. The molecule has 4 nitrogen and oxygen atoms in total. The number of hydrogen-bond acceptors (Lipinski definition) is 3. The van der Waals surface area contributed by atoms with Gasteiger partial charge >= 0.3 is 0 Å². The molecule has 2 rings (SSSR count). The van der Waals surface area contributed by atoms with Crippen LogP contribution in [-0.4, -0.2) is 9.78 Å². The van der Waals surface area contributed by atoms with Gasteiger partial charge in [0.2, 0.25) is 0 Å². The summed E-state index contributed by atoms with van der Waals surface area (Å²) < 4.78 is 1.88. The molecule has 0 aliphatic heterocycles. The van der Waals surface area contributed by atoms with Crippen molar-refractivity contribution in [1.82, 2.24) is 9.78 Å². The SMILES string of the molecule is CC(C)CCn1cc(N)c(-c2cccc(C#N)c2)n1. The van der Waals surface area contributed by atoms with Gasteiger partial charge in [-0.25, -0.2) is 0 Å². The second kappa shape index (κ2) is 5.57. The van der Waals surface area contributed by atoms with Gasteiger partial charge in [0, 0.05) is 18.3 Å². The van der Waals surface area contributed by atoms with Gasteiger partial charge in [0.15, 0.2) is 0 Å². The van der Waals surface area contributed by atoms with E-state index in [4.69, 9.17) is 11.0 Å². The first-order valence-corrected chi connectivity index (χ1v) is 6.43. The molecule has 0 unspecified atom stereocenters. The number of nitriles is 1. The minimum absolute atomic E-state index is 0.619. The summed E-state index contributed by atoms with van der Waals surface area (Å²) in [6.45, 7) is 5.23. The normalized spacial score (nSPS) is 10.6. The van der Waals surface area contributed by atoms with E-state index in [0.717, 1.165) is 24.2 Å². The molecular formula is C15H18N4. The van der Waals surface area contributed by atoms with Crippen LogP contribution in [0.2, 0.25) is 0 Å². The fourth-order valence-corrected chi connectivity index (χ4v) is 1.90. The Kier molecular flexibility index (Phi) is 3.86. The van der Waals surface area contributed by atoms with Crippen molar-refractivity contribution in [2.24, 2.45) is 5.92 Å². The van der Waals surface area contributed by atoms with Crippen molar-refractivity contribution in [1.29, 1.82) is 5.26 Å². The fraction of sp³-hybridized carbons (Fsp3) is 0.333. The van der Waals surface area contributed by atoms with Crippen LogP contribution in [0.5, 0.6) is 0 Å². The third kappa shape index (κ3) is 3.14. The van der Waals surface area contributed by atoms with E-state index in [9.17, 15) is 0 Å². The Balaban J connectivity index is 2.27. The van der Waals surface area contributed by atoms with Gasteiger partial charge in [-0.05, 0) is 24.5 Å². The first kappa shape index (κ1) is 13.2. The molecular weight excluding hydrogens is 236 g/mol. The largest absolute Gasteiger partial charge is 0.396 e. The minimum Gasteiger partial charge on any atom is -0.396 e. The van der Waals surface area contributed by atoms with E-state index in [1.54, 1.807) is 6.07 Å². The van der Waals surface area contributed by atoms with Crippen LogP contribution in [0.15, 0.2) is 30.5 Å². The predicted octanol–water partition coefficient (Wildman–Crippen LogP) is 3.05. The number of nitrogen functional groups attached to an aromatic ring is 1. The zero-order valence-corrected chi connectivity index (χ0v) is 11.3. The molecule has 0 spiro atoms. The maximum Gasteiger partial charge on any atom is 0.115 e. The zero-order valence-electron chi connectivity index (χ0n) is 11.3. The zero-order chi connectivity index (χ0) is 13.8. The van der Waals surface area contributed by atoms with E-state index in [1.807, 2.05) is 29.1 Å². The highest BCUT2D eigenvalue weighted by Gasteiger charge is 2.09. The number of anilines is 1. The van der Waals surface area contributed by atoms with Gasteiger partial charge in [-0.2, -0.15) is 10.4 Å². The molecule has 19 heavy (non-hydrogen) atoms. The van der Waals surface area contributed by atoms with Crippen LogP contribution >= 0.6 is 0 Å². The molecule has 0 saturated carbocycles. The van der Waals surface area contributed by atoms with Gasteiger partial charge in [0.1, 0.15) is 5.69 Å². The molecule has 0 radical (unpaired) electrons. The van der Waals surface area contributed by atoms with Gasteiger partial charge < -0.3 is 5.73 Å². The Bertz CT molecular complexity index is 605. The quantitative estimate of drug-likeness (QED) is 0.911. The van der Waals surface area contributed by atoms with Gasteiger partial charge in [0.25, 0.3) is 0 Å². The van der Waals surface area contributed by atoms with Crippen molar-refractivity contribution in [3.05, 3.63) is 36.0 Å². The maximum absolute atomic E-state index is 8.92. The average molecular weight is 254 g/mol.